The highest BCUT2D eigenvalue weighted by Crippen LogP contribution is 2.34. The number of aromatic nitrogens is 4. The number of hydrogen-bond donors (Lipinski definition) is 1. The number of rotatable bonds is 4. The van der Waals surface area contributed by atoms with Crippen molar-refractivity contribution in [3.05, 3.63) is 29.6 Å². The molecule has 0 aromatic carbocycles. The van der Waals surface area contributed by atoms with Crippen molar-refractivity contribution in [1.29, 1.82) is 0 Å². The Kier molecular flexibility index (Phi) is 3.66. The van der Waals surface area contributed by atoms with Crippen LogP contribution in [0.1, 0.15) is 18.2 Å². The summed E-state index contributed by atoms with van der Waals surface area (Å²) in [7, 11) is 1.85. The molecule has 21 heavy (non-hydrogen) atoms. The first-order valence-electron chi connectivity index (χ1n) is 6.67. The lowest BCUT2D eigenvalue weighted by Gasteiger charge is -2.00. The van der Waals surface area contributed by atoms with Crippen LogP contribution < -0.4 is 5.32 Å². The van der Waals surface area contributed by atoms with Gasteiger partial charge in [-0.05, 0) is 36.5 Å². The van der Waals surface area contributed by atoms with E-state index < -0.39 is 0 Å². The molecular formula is C14H15N5OS. The van der Waals surface area contributed by atoms with Gasteiger partial charge in [-0.25, -0.2) is 0 Å². The van der Waals surface area contributed by atoms with Gasteiger partial charge in [0.05, 0.1) is 11.3 Å². The second kappa shape index (κ2) is 5.61. The van der Waals surface area contributed by atoms with Gasteiger partial charge in [-0.2, -0.15) is 9.36 Å². The molecule has 0 aliphatic rings. The van der Waals surface area contributed by atoms with Gasteiger partial charge in [-0.3, -0.25) is 4.98 Å². The highest BCUT2D eigenvalue weighted by molar-refractivity contribution is 7.10. The van der Waals surface area contributed by atoms with Crippen LogP contribution in [-0.4, -0.2) is 26.5 Å². The molecule has 3 aromatic rings. The van der Waals surface area contributed by atoms with Crippen molar-refractivity contribution < 1.29 is 4.52 Å². The van der Waals surface area contributed by atoms with Gasteiger partial charge in [0.15, 0.2) is 0 Å². The van der Waals surface area contributed by atoms with Crippen molar-refractivity contribution in [2.75, 3.05) is 12.4 Å². The second-order valence-corrected chi connectivity index (χ2v) is 5.28. The zero-order valence-corrected chi connectivity index (χ0v) is 12.9. The lowest BCUT2D eigenvalue weighted by Crippen LogP contribution is -1.93. The second-order valence-electron chi connectivity index (χ2n) is 4.51. The summed E-state index contributed by atoms with van der Waals surface area (Å²) < 4.78 is 9.73. The summed E-state index contributed by atoms with van der Waals surface area (Å²) in [4.78, 5) is 8.85. The molecule has 108 valence electrons. The minimum atomic E-state index is 0.466. The number of pyridine rings is 1. The van der Waals surface area contributed by atoms with E-state index in [4.69, 9.17) is 4.52 Å². The van der Waals surface area contributed by atoms with Crippen LogP contribution in [0.2, 0.25) is 0 Å². The SMILES string of the molecule is CCc1cccnc1-c1noc(-c2c(C)nsc2NC)n1. The molecule has 0 bridgehead atoms. The molecule has 7 heteroatoms. The molecule has 3 aromatic heterocycles. The molecule has 0 aliphatic carbocycles. The van der Waals surface area contributed by atoms with Crippen molar-refractivity contribution in [2.24, 2.45) is 0 Å². The molecule has 0 atom stereocenters. The van der Waals surface area contributed by atoms with E-state index in [1.165, 1.54) is 11.5 Å². The maximum absolute atomic E-state index is 5.41. The van der Waals surface area contributed by atoms with Crippen LogP contribution in [0.4, 0.5) is 5.00 Å². The molecule has 0 saturated heterocycles. The minimum Gasteiger partial charge on any atom is -0.378 e. The molecular weight excluding hydrogens is 286 g/mol. The number of nitrogens with zero attached hydrogens (tertiary/aromatic N) is 4. The Balaban J connectivity index is 2.06. The zero-order valence-electron chi connectivity index (χ0n) is 12.0. The highest BCUT2D eigenvalue weighted by Gasteiger charge is 2.20. The van der Waals surface area contributed by atoms with E-state index in [0.29, 0.717) is 11.7 Å². The smallest absolute Gasteiger partial charge is 0.263 e. The van der Waals surface area contributed by atoms with Crippen molar-refractivity contribution in [3.63, 3.8) is 0 Å². The molecule has 0 saturated carbocycles. The molecule has 0 unspecified atom stereocenters. The number of aryl methyl sites for hydroxylation is 2. The van der Waals surface area contributed by atoms with Gasteiger partial charge < -0.3 is 9.84 Å². The molecule has 0 fully saturated rings. The Morgan fingerprint density at radius 2 is 2.24 bits per heavy atom. The molecule has 3 heterocycles. The first-order chi connectivity index (χ1) is 10.2. The lowest BCUT2D eigenvalue weighted by molar-refractivity contribution is 0.432. The van der Waals surface area contributed by atoms with Gasteiger partial charge in [0.25, 0.3) is 5.89 Å². The third kappa shape index (κ3) is 2.40. The zero-order chi connectivity index (χ0) is 14.8. The molecule has 0 aliphatic heterocycles. The van der Waals surface area contributed by atoms with Crippen molar-refractivity contribution in [1.82, 2.24) is 19.5 Å². The van der Waals surface area contributed by atoms with Crippen molar-refractivity contribution >= 4 is 16.5 Å². The summed E-state index contributed by atoms with van der Waals surface area (Å²) >= 11 is 1.38. The van der Waals surface area contributed by atoms with E-state index in [9.17, 15) is 0 Å². The summed E-state index contributed by atoms with van der Waals surface area (Å²) in [6.07, 6.45) is 2.61. The average Bonchev–Trinajstić information content (AvgIpc) is 3.13. The largest absolute Gasteiger partial charge is 0.378 e. The summed E-state index contributed by atoms with van der Waals surface area (Å²) in [6, 6.07) is 3.93. The van der Waals surface area contributed by atoms with E-state index in [0.717, 1.165) is 33.9 Å². The van der Waals surface area contributed by atoms with E-state index in [-0.39, 0.29) is 0 Å². The van der Waals surface area contributed by atoms with Crippen molar-refractivity contribution in [2.45, 2.75) is 20.3 Å². The quantitative estimate of drug-likeness (QED) is 0.797. The van der Waals surface area contributed by atoms with Crippen LogP contribution in [0.5, 0.6) is 0 Å². The maximum Gasteiger partial charge on any atom is 0.263 e. The molecule has 0 amide bonds. The number of nitrogens with one attached hydrogen (secondary N) is 1. The van der Waals surface area contributed by atoms with Crippen LogP contribution in [0.3, 0.4) is 0 Å². The topological polar surface area (TPSA) is 76.7 Å². The van der Waals surface area contributed by atoms with Gasteiger partial charge in [-0.1, -0.05) is 18.1 Å². The summed E-state index contributed by atoms with van der Waals surface area (Å²) in [5, 5.41) is 8.08. The average molecular weight is 301 g/mol. The highest BCUT2D eigenvalue weighted by atomic mass is 32.1. The Morgan fingerprint density at radius 1 is 1.38 bits per heavy atom. The fraction of sp³-hybridized carbons (Fsp3) is 0.286. The Morgan fingerprint density at radius 3 is 3.00 bits per heavy atom. The maximum atomic E-state index is 5.41. The van der Waals surface area contributed by atoms with Gasteiger partial charge in [0.2, 0.25) is 5.82 Å². The summed E-state index contributed by atoms with van der Waals surface area (Å²) in [5.41, 5.74) is 3.59. The predicted molar refractivity (Wildman–Crippen MR) is 82.3 cm³/mol. The third-order valence-corrected chi connectivity index (χ3v) is 4.17. The fourth-order valence-corrected chi connectivity index (χ4v) is 2.88. The minimum absolute atomic E-state index is 0.466. The molecule has 0 spiro atoms. The Labute approximate surface area is 126 Å². The van der Waals surface area contributed by atoms with Gasteiger partial charge in [0, 0.05) is 13.2 Å². The van der Waals surface area contributed by atoms with Crippen molar-refractivity contribution in [3.8, 4) is 23.0 Å². The molecule has 1 N–H and O–H groups in total. The Bertz CT molecular complexity index is 764. The first-order valence-corrected chi connectivity index (χ1v) is 7.44. The fourth-order valence-electron chi connectivity index (χ4n) is 2.14. The van der Waals surface area contributed by atoms with Crippen LogP contribution in [0, 0.1) is 6.92 Å². The van der Waals surface area contributed by atoms with E-state index >= 15 is 0 Å². The monoisotopic (exact) mass is 301 g/mol. The number of hydrogen-bond acceptors (Lipinski definition) is 7. The van der Waals surface area contributed by atoms with E-state index in [2.05, 4.69) is 31.7 Å². The standard InChI is InChI=1S/C14H15N5OS/c1-4-9-6-5-7-16-11(9)12-17-13(20-18-12)10-8(2)19-21-14(10)15-3/h5-7,15H,4H2,1-3H3. The van der Waals surface area contributed by atoms with Gasteiger partial charge >= 0.3 is 0 Å². The van der Waals surface area contributed by atoms with Crippen LogP contribution in [-0.2, 0) is 6.42 Å². The first kappa shape index (κ1) is 13.7. The third-order valence-electron chi connectivity index (χ3n) is 3.21. The van der Waals surface area contributed by atoms with Gasteiger partial charge in [-0.15, -0.1) is 0 Å². The van der Waals surface area contributed by atoms with Crippen LogP contribution in [0.15, 0.2) is 22.9 Å². The Hall–Kier alpha value is -2.28. The molecule has 0 radical (unpaired) electrons. The summed E-state index contributed by atoms with van der Waals surface area (Å²) in [6.45, 7) is 4.00. The summed E-state index contributed by atoms with van der Waals surface area (Å²) in [5.74, 6) is 0.975. The van der Waals surface area contributed by atoms with Gasteiger partial charge in [0.1, 0.15) is 10.7 Å². The molecule has 6 nitrogen and oxygen atoms in total. The normalized spacial score (nSPS) is 10.8. The predicted octanol–water partition coefficient (Wildman–Crippen LogP) is 3.17. The van der Waals surface area contributed by atoms with E-state index in [1.54, 1.807) is 6.20 Å². The molecule has 3 rings (SSSR count). The van der Waals surface area contributed by atoms with Crippen LogP contribution in [0.25, 0.3) is 23.0 Å². The van der Waals surface area contributed by atoms with E-state index in [1.807, 2.05) is 26.1 Å². The van der Waals surface area contributed by atoms with Crippen LogP contribution >= 0.6 is 11.5 Å². The number of anilines is 1. The lowest BCUT2D eigenvalue weighted by atomic mass is 10.1.